The number of nitrogens with zero attached hydrogens (tertiary/aromatic N) is 2. The highest BCUT2D eigenvalue weighted by Crippen LogP contribution is 2.27. The first-order valence-corrected chi connectivity index (χ1v) is 11.5. The molecule has 0 aliphatic rings. The van der Waals surface area contributed by atoms with E-state index in [0.29, 0.717) is 29.1 Å². The normalized spacial score (nSPS) is 11.4. The zero-order chi connectivity index (χ0) is 22.7. The molecule has 2 heterocycles. The van der Waals surface area contributed by atoms with Crippen molar-refractivity contribution in [3.05, 3.63) is 77.6 Å². The zero-order valence-electron chi connectivity index (χ0n) is 17.6. The number of fused-ring (bicyclic) bond motifs is 1. The molecule has 8 nitrogen and oxygen atoms in total. The third-order valence-corrected chi connectivity index (χ3v) is 6.92. The quantitative estimate of drug-likeness (QED) is 0.446. The first kappa shape index (κ1) is 21.5. The van der Waals surface area contributed by atoms with Crippen LogP contribution in [-0.4, -0.2) is 36.1 Å². The minimum absolute atomic E-state index is 0.189. The van der Waals surface area contributed by atoms with E-state index in [0.717, 1.165) is 10.9 Å². The van der Waals surface area contributed by atoms with Crippen LogP contribution in [0.1, 0.15) is 28.4 Å². The lowest BCUT2D eigenvalue weighted by Gasteiger charge is -2.11. The number of benzene rings is 2. The molecule has 1 amide bonds. The van der Waals surface area contributed by atoms with Crippen LogP contribution in [0.2, 0.25) is 0 Å². The number of nitrogens with one attached hydrogen (secondary N) is 2. The summed E-state index contributed by atoms with van der Waals surface area (Å²) in [6.07, 6.45) is 3.08. The minimum atomic E-state index is -3.67. The average Bonchev–Trinajstić information content (AvgIpc) is 3.26. The van der Waals surface area contributed by atoms with Crippen LogP contribution in [0.4, 0.5) is 0 Å². The van der Waals surface area contributed by atoms with Gasteiger partial charge in [0.25, 0.3) is 5.91 Å². The Bertz CT molecular complexity index is 1380. The van der Waals surface area contributed by atoms with Gasteiger partial charge in [0.05, 0.1) is 28.2 Å². The Morgan fingerprint density at radius 1 is 1.09 bits per heavy atom. The number of aromatic nitrogens is 3. The second-order valence-electron chi connectivity index (χ2n) is 7.22. The lowest BCUT2D eigenvalue weighted by atomic mass is 10.2. The Kier molecular flexibility index (Phi) is 5.91. The van der Waals surface area contributed by atoms with E-state index in [1.165, 1.54) is 6.20 Å². The number of amides is 1. The summed E-state index contributed by atoms with van der Waals surface area (Å²) >= 11 is 0. The molecule has 4 rings (SSSR count). The zero-order valence-corrected chi connectivity index (χ0v) is 18.4. The van der Waals surface area contributed by atoms with Crippen LogP contribution in [0.5, 0.6) is 5.75 Å². The standard InChI is InChI=1S/C23H22N4O4S/c1-3-31-19-6-9-21(15(2)10-19)32(29,30)20-7-4-16(5-8-20)12-25-23(28)18-11-17-14-26-27-22(17)24-13-18/h4-11,13-14H,3,12H2,1-2H3,(H,25,28)(H,24,26,27). The molecule has 0 radical (unpaired) electrons. The molecule has 0 saturated carbocycles. The Morgan fingerprint density at radius 3 is 2.59 bits per heavy atom. The summed E-state index contributed by atoms with van der Waals surface area (Å²) in [6.45, 7) is 4.39. The molecule has 164 valence electrons. The van der Waals surface area contributed by atoms with Crippen molar-refractivity contribution in [2.24, 2.45) is 0 Å². The van der Waals surface area contributed by atoms with Crippen LogP contribution < -0.4 is 10.1 Å². The van der Waals surface area contributed by atoms with E-state index in [9.17, 15) is 13.2 Å². The maximum absolute atomic E-state index is 13.0. The number of aromatic amines is 1. The first-order chi connectivity index (χ1) is 15.4. The molecule has 2 N–H and O–H groups in total. The molecular weight excluding hydrogens is 428 g/mol. The molecule has 0 unspecified atom stereocenters. The van der Waals surface area contributed by atoms with Crippen molar-refractivity contribution in [2.75, 3.05) is 6.61 Å². The third-order valence-electron chi connectivity index (χ3n) is 4.99. The van der Waals surface area contributed by atoms with Crippen LogP contribution in [-0.2, 0) is 16.4 Å². The molecule has 32 heavy (non-hydrogen) atoms. The smallest absolute Gasteiger partial charge is 0.253 e. The van der Waals surface area contributed by atoms with E-state index < -0.39 is 9.84 Å². The van der Waals surface area contributed by atoms with E-state index in [1.807, 2.05) is 6.92 Å². The summed E-state index contributed by atoms with van der Waals surface area (Å²) in [4.78, 5) is 17.0. The van der Waals surface area contributed by atoms with Crippen molar-refractivity contribution >= 4 is 26.8 Å². The van der Waals surface area contributed by atoms with Gasteiger partial charge in [-0.05, 0) is 61.4 Å². The second-order valence-corrected chi connectivity index (χ2v) is 9.14. The molecule has 0 spiro atoms. The summed E-state index contributed by atoms with van der Waals surface area (Å²) in [7, 11) is -3.67. The first-order valence-electron chi connectivity index (χ1n) is 10.0. The van der Waals surface area contributed by atoms with Crippen LogP contribution in [0.3, 0.4) is 0 Å². The lowest BCUT2D eigenvalue weighted by Crippen LogP contribution is -2.22. The predicted octanol–water partition coefficient (Wildman–Crippen LogP) is 3.43. The van der Waals surface area contributed by atoms with E-state index in [-0.39, 0.29) is 22.2 Å². The van der Waals surface area contributed by atoms with E-state index in [4.69, 9.17) is 4.74 Å². The average molecular weight is 451 g/mol. The Labute approximate surface area is 185 Å². The predicted molar refractivity (Wildman–Crippen MR) is 119 cm³/mol. The van der Waals surface area contributed by atoms with Gasteiger partial charge in [-0.25, -0.2) is 13.4 Å². The van der Waals surface area contributed by atoms with Gasteiger partial charge in [-0.3, -0.25) is 9.89 Å². The molecule has 0 aliphatic heterocycles. The molecule has 2 aromatic carbocycles. The maximum atomic E-state index is 13.0. The summed E-state index contributed by atoms with van der Waals surface area (Å²) in [5.74, 6) is 0.361. The number of hydrogen-bond donors (Lipinski definition) is 2. The fraction of sp³-hybridized carbons (Fsp3) is 0.174. The minimum Gasteiger partial charge on any atom is -0.494 e. The fourth-order valence-corrected chi connectivity index (χ4v) is 4.82. The molecule has 0 saturated heterocycles. The van der Waals surface area contributed by atoms with Crippen LogP contribution in [0.15, 0.2) is 70.7 Å². The third kappa shape index (κ3) is 4.33. The van der Waals surface area contributed by atoms with Gasteiger partial charge < -0.3 is 10.1 Å². The number of hydrogen-bond acceptors (Lipinski definition) is 6. The van der Waals surface area contributed by atoms with Crippen LogP contribution >= 0.6 is 0 Å². The highest BCUT2D eigenvalue weighted by Gasteiger charge is 2.20. The number of H-pyrrole nitrogens is 1. The van der Waals surface area contributed by atoms with Gasteiger partial charge in [0, 0.05) is 18.1 Å². The van der Waals surface area contributed by atoms with Gasteiger partial charge in [0.15, 0.2) is 5.65 Å². The summed E-state index contributed by atoms with van der Waals surface area (Å²) < 4.78 is 31.5. The van der Waals surface area contributed by atoms with Crippen molar-refractivity contribution in [3.8, 4) is 5.75 Å². The monoisotopic (exact) mass is 450 g/mol. The van der Waals surface area contributed by atoms with Crippen LogP contribution in [0.25, 0.3) is 11.0 Å². The number of carbonyl (C=O) groups excluding carboxylic acids is 1. The summed E-state index contributed by atoms with van der Waals surface area (Å²) in [6, 6.07) is 13.1. The molecular formula is C23H22N4O4S. The number of rotatable bonds is 7. The van der Waals surface area contributed by atoms with Crippen LogP contribution in [0, 0.1) is 6.92 Å². The topological polar surface area (TPSA) is 114 Å². The van der Waals surface area contributed by atoms with Crippen molar-refractivity contribution in [1.29, 1.82) is 0 Å². The van der Waals surface area contributed by atoms with Gasteiger partial charge >= 0.3 is 0 Å². The van der Waals surface area contributed by atoms with Gasteiger partial charge in [-0.15, -0.1) is 0 Å². The highest BCUT2D eigenvalue weighted by atomic mass is 32.2. The van der Waals surface area contributed by atoms with E-state index in [1.54, 1.807) is 61.7 Å². The molecule has 0 fully saturated rings. The van der Waals surface area contributed by atoms with Gasteiger partial charge in [0.2, 0.25) is 9.84 Å². The largest absolute Gasteiger partial charge is 0.494 e. The SMILES string of the molecule is CCOc1ccc(S(=O)(=O)c2ccc(CNC(=O)c3cnc4[nH]ncc4c3)cc2)c(C)c1. The van der Waals surface area contributed by atoms with E-state index in [2.05, 4.69) is 20.5 Å². The van der Waals surface area contributed by atoms with Crippen molar-refractivity contribution in [1.82, 2.24) is 20.5 Å². The van der Waals surface area contributed by atoms with E-state index >= 15 is 0 Å². The van der Waals surface area contributed by atoms with Gasteiger partial charge in [0.1, 0.15) is 5.75 Å². The Balaban J connectivity index is 1.46. The molecule has 4 aromatic rings. The number of aryl methyl sites for hydroxylation is 1. The summed E-state index contributed by atoms with van der Waals surface area (Å²) in [5.41, 5.74) is 2.43. The number of carbonyl (C=O) groups is 1. The number of sulfone groups is 1. The van der Waals surface area contributed by atoms with Gasteiger partial charge in [-0.2, -0.15) is 5.10 Å². The number of pyridine rings is 1. The van der Waals surface area contributed by atoms with Crippen molar-refractivity contribution in [2.45, 2.75) is 30.2 Å². The van der Waals surface area contributed by atoms with Crippen molar-refractivity contribution in [3.63, 3.8) is 0 Å². The lowest BCUT2D eigenvalue weighted by molar-refractivity contribution is 0.0950. The second kappa shape index (κ2) is 8.80. The molecule has 0 aliphatic carbocycles. The van der Waals surface area contributed by atoms with Gasteiger partial charge in [-0.1, -0.05) is 12.1 Å². The Hall–Kier alpha value is -3.72. The highest BCUT2D eigenvalue weighted by molar-refractivity contribution is 7.91. The molecule has 9 heteroatoms. The Morgan fingerprint density at radius 2 is 1.88 bits per heavy atom. The molecule has 0 bridgehead atoms. The maximum Gasteiger partial charge on any atom is 0.253 e. The molecule has 0 atom stereocenters. The number of ether oxygens (including phenoxy) is 1. The fourth-order valence-electron chi connectivity index (χ4n) is 3.34. The molecule has 2 aromatic heterocycles. The van der Waals surface area contributed by atoms with Crippen molar-refractivity contribution < 1.29 is 17.9 Å². The summed E-state index contributed by atoms with van der Waals surface area (Å²) in [5, 5.41) is 10.2.